The predicted molar refractivity (Wildman–Crippen MR) is 127 cm³/mol. The van der Waals surface area contributed by atoms with Crippen LogP contribution in [0.25, 0.3) is 0 Å². The van der Waals surface area contributed by atoms with Gasteiger partial charge in [-0.3, -0.25) is 14.4 Å². The minimum Gasteiger partial charge on any atom is -0.299 e. The Morgan fingerprint density at radius 3 is 2.61 bits per heavy atom. The van der Waals surface area contributed by atoms with Crippen molar-refractivity contribution in [1.29, 1.82) is 0 Å². The Kier molecular flexibility index (Phi) is 7.95. The number of aromatic nitrogens is 2. The Labute approximate surface area is 198 Å². The number of halogens is 2. The molecule has 0 aliphatic heterocycles. The van der Waals surface area contributed by atoms with Crippen LogP contribution in [0.2, 0.25) is 10.0 Å². The molecule has 0 unspecified atom stereocenters. The summed E-state index contributed by atoms with van der Waals surface area (Å²) in [7, 11) is -4.09. The first-order valence-electron chi connectivity index (χ1n) is 8.71. The van der Waals surface area contributed by atoms with Crippen molar-refractivity contribution >= 4 is 73.0 Å². The number of benzene rings is 2. The number of thioether (sulfide) groups is 1. The van der Waals surface area contributed by atoms with Crippen molar-refractivity contribution in [3.63, 3.8) is 0 Å². The maximum absolute atomic E-state index is 13.3. The Balaban J connectivity index is 1.89. The maximum Gasteiger partial charge on any atom is 0.264 e. The highest BCUT2D eigenvalue weighted by Gasteiger charge is 2.29. The van der Waals surface area contributed by atoms with Gasteiger partial charge in [0.1, 0.15) is 6.54 Å². The van der Waals surface area contributed by atoms with Gasteiger partial charge in [-0.1, -0.05) is 70.6 Å². The summed E-state index contributed by atoms with van der Waals surface area (Å²) in [5.41, 5.74) is 0.129. The van der Waals surface area contributed by atoms with Crippen molar-refractivity contribution in [3.8, 4) is 0 Å². The molecule has 162 valence electrons. The Morgan fingerprint density at radius 2 is 1.94 bits per heavy atom. The molecule has 0 spiro atoms. The summed E-state index contributed by atoms with van der Waals surface area (Å²) in [6.07, 6.45) is 1.73. The maximum atomic E-state index is 13.3. The van der Waals surface area contributed by atoms with E-state index in [0.717, 1.165) is 4.31 Å². The lowest BCUT2D eigenvalue weighted by atomic mass is 10.3. The second-order valence-electron chi connectivity index (χ2n) is 5.94. The van der Waals surface area contributed by atoms with E-state index in [0.29, 0.717) is 15.1 Å². The fourth-order valence-corrected chi connectivity index (χ4v) is 5.99. The first-order chi connectivity index (χ1) is 14.8. The number of rotatable bonds is 9. The summed E-state index contributed by atoms with van der Waals surface area (Å²) in [5.74, 6) is 0.0581. The number of hydrogen-bond acceptors (Lipinski definition) is 7. The number of nitrogens with zero attached hydrogens (tertiary/aromatic N) is 3. The summed E-state index contributed by atoms with van der Waals surface area (Å²) >= 11 is 14.8. The molecular weight excluding hydrogens is 499 g/mol. The standard InChI is InChI=1S/C19H16Cl2N4O3S3/c1-2-10-29-19-24-23-18(30-19)22-17(26)12-25(16-9-8-13(20)11-15(16)21)31(27,28)14-6-4-3-5-7-14/h2-9,11H,1,10,12H2,(H,22,23,26). The highest BCUT2D eigenvalue weighted by molar-refractivity contribution is 8.01. The molecule has 1 heterocycles. The molecule has 12 heteroatoms. The lowest BCUT2D eigenvalue weighted by Crippen LogP contribution is -2.38. The van der Waals surface area contributed by atoms with E-state index in [1.165, 1.54) is 53.4 Å². The summed E-state index contributed by atoms with van der Waals surface area (Å²) in [6, 6.07) is 12.1. The van der Waals surface area contributed by atoms with Gasteiger partial charge in [0, 0.05) is 10.8 Å². The third-order valence-corrected chi connectivity index (χ3v) is 8.05. The molecular formula is C19H16Cl2N4O3S3. The molecule has 0 bridgehead atoms. The molecule has 0 aliphatic carbocycles. The van der Waals surface area contributed by atoms with E-state index in [1.807, 2.05) is 0 Å². The SMILES string of the molecule is C=CCSc1nnc(NC(=O)CN(c2ccc(Cl)cc2Cl)S(=O)(=O)c2ccccc2)s1. The second-order valence-corrected chi connectivity index (χ2v) is 10.9. The zero-order valence-electron chi connectivity index (χ0n) is 15.9. The number of hydrogen-bond donors (Lipinski definition) is 1. The van der Waals surface area contributed by atoms with Crippen LogP contribution >= 0.6 is 46.3 Å². The largest absolute Gasteiger partial charge is 0.299 e. The quantitative estimate of drug-likeness (QED) is 0.246. The first-order valence-corrected chi connectivity index (χ1v) is 12.7. The molecule has 3 aromatic rings. The van der Waals surface area contributed by atoms with Gasteiger partial charge in [0.15, 0.2) is 4.34 Å². The first kappa shape index (κ1) is 23.6. The van der Waals surface area contributed by atoms with Crippen LogP contribution in [0.4, 0.5) is 10.8 Å². The average molecular weight is 515 g/mol. The Morgan fingerprint density at radius 1 is 1.19 bits per heavy atom. The molecule has 1 aromatic heterocycles. The number of anilines is 2. The summed E-state index contributed by atoms with van der Waals surface area (Å²) < 4.78 is 28.2. The molecule has 1 N–H and O–H groups in total. The van der Waals surface area contributed by atoms with Crippen LogP contribution in [-0.4, -0.2) is 36.8 Å². The van der Waals surface area contributed by atoms with Gasteiger partial charge in [-0.05, 0) is 30.3 Å². The molecule has 0 radical (unpaired) electrons. The van der Waals surface area contributed by atoms with Gasteiger partial charge in [-0.15, -0.1) is 16.8 Å². The summed E-state index contributed by atoms with van der Waals surface area (Å²) in [5, 5.41) is 11.2. The van der Waals surface area contributed by atoms with Crippen LogP contribution < -0.4 is 9.62 Å². The van der Waals surface area contributed by atoms with Crippen LogP contribution in [0.3, 0.4) is 0 Å². The summed E-state index contributed by atoms with van der Waals surface area (Å²) in [6.45, 7) is 3.12. The van der Waals surface area contributed by atoms with Gasteiger partial charge in [0.2, 0.25) is 11.0 Å². The molecule has 0 atom stereocenters. The molecule has 31 heavy (non-hydrogen) atoms. The molecule has 7 nitrogen and oxygen atoms in total. The Hall–Kier alpha value is -2.11. The Bertz CT molecular complexity index is 1190. The van der Waals surface area contributed by atoms with Gasteiger partial charge >= 0.3 is 0 Å². The normalized spacial score (nSPS) is 11.2. The zero-order chi connectivity index (χ0) is 22.4. The van der Waals surface area contributed by atoms with E-state index in [9.17, 15) is 13.2 Å². The fraction of sp³-hybridized carbons (Fsp3) is 0.105. The van der Waals surface area contributed by atoms with Crippen molar-refractivity contribution in [2.45, 2.75) is 9.24 Å². The third kappa shape index (κ3) is 5.98. The van der Waals surface area contributed by atoms with Gasteiger partial charge in [0.05, 0.1) is 15.6 Å². The van der Waals surface area contributed by atoms with Gasteiger partial charge in [-0.2, -0.15) is 0 Å². The zero-order valence-corrected chi connectivity index (χ0v) is 19.8. The summed E-state index contributed by atoms with van der Waals surface area (Å²) in [4.78, 5) is 12.7. The molecule has 1 amide bonds. The van der Waals surface area contributed by atoms with Crippen molar-refractivity contribution < 1.29 is 13.2 Å². The van der Waals surface area contributed by atoms with E-state index >= 15 is 0 Å². The van der Waals surface area contributed by atoms with Crippen molar-refractivity contribution in [2.24, 2.45) is 0 Å². The van der Waals surface area contributed by atoms with Crippen molar-refractivity contribution in [1.82, 2.24) is 10.2 Å². The number of carbonyl (C=O) groups is 1. The highest BCUT2D eigenvalue weighted by Crippen LogP contribution is 2.33. The van der Waals surface area contributed by atoms with Crippen LogP contribution in [-0.2, 0) is 14.8 Å². The van der Waals surface area contributed by atoms with E-state index in [4.69, 9.17) is 23.2 Å². The molecule has 0 aliphatic rings. The molecule has 0 saturated carbocycles. The molecule has 2 aromatic carbocycles. The highest BCUT2D eigenvalue weighted by atomic mass is 35.5. The number of sulfonamides is 1. The number of carbonyl (C=O) groups excluding carboxylic acids is 1. The molecule has 3 rings (SSSR count). The topological polar surface area (TPSA) is 92.3 Å². The third-order valence-electron chi connectivity index (χ3n) is 3.77. The van der Waals surface area contributed by atoms with Crippen LogP contribution in [0, 0.1) is 0 Å². The van der Waals surface area contributed by atoms with Crippen LogP contribution in [0.5, 0.6) is 0 Å². The number of nitrogens with one attached hydrogen (secondary N) is 1. The lowest BCUT2D eigenvalue weighted by Gasteiger charge is -2.24. The van der Waals surface area contributed by atoms with Crippen LogP contribution in [0.15, 0.2) is 70.4 Å². The monoisotopic (exact) mass is 514 g/mol. The fourth-order valence-electron chi connectivity index (χ4n) is 2.44. The van der Waals surface area contributed by atoms with Gasteiger partial charge < -0.3 is 0 Å². The molecule has 0 saturated heterocycles. The lowest BCUT2D eigenvalue weighted by molar-refractivity contribution is -0.114. The van der Waals surface area contributed by atoms with E-state index in [2.05, 4.69) is 22.1 Å². The van der Waals surface area contributed by atoms with Crippen LogP contribution in [0.1, 0.15) is 0 Å². The molecule has 0 fully saturated rings. The van der Waals surface area contributed by atoms with Crippen molar-refractivity contribution in [2.75, 3.05) is 21.9 Å². The minimum absolute atomic E-state index is 0.0212. The number of amides is 1. The smallest absolute Gasteiger partial charge is 0.264 e. The predicted octanol–water partition coefficient (Wildman–Crippen LogP) is 4.96. The minimum atomic E-state index is -4.09. The second kappa shape index (κ2) is 10.5. The van der Waals surface area contributed by atoms with E-state index in [-0.39, 0.29) is 20.7 Å². The van der Waals surface area contributed by atoms with Gasteiger partial charge in [-0.25, -0.2) is 8.42 Å². The average Bonchev–Trinajstić information content (AvgIpc) is 3.18. The van der Waals surface area contributed by atoms with Crippen molar-refractivity contribution in [3.05, 3.63) is 71.2 Å². The van der Waals surface area contributed by atoms with E-state index in [1.54, 1.807) is 24.3 Å². The van der Waals surface area contributed by atoms with Gasteiger partial charge in [0.25, 0.3) is 10.0 Å². The van der Waals surface area contributed by atoms with E-state index < -0.39 is 22.5 Å².